The minimum atomic E-state index is 0.0623. The summed E-state index contributed by atoms with van der Waals surface area (Å²) in [5.41, 5.74) is 4.95. The number of benzene rings is 2. The van der Waals surface area contributed by atoms with Crippen LogP contribution < -0.4 is 4.90 Å². The number of para-hydroxylation sites is 1. The van der Waals surface area contributed by atoms with Crippen molar-refractivity contribution in [2.45, 2.75) is 25.2 Å². The first-order valence-corrected chi connectivity index (χ1v) is 9.57. The fourth-order valence-electron chi connectivity index (χ4n) is 4.14. The molecule has 0 saturated carbocycles. The topological polar surface area (TPSA) is 46.1 Å². The van der Waals surface area contributed by atoms with Crippen molar-refractivity contribution in [3.8, 4) is 0 Å². The maximum atomic E-state index is 12.7. The fourth-order valence-corrected chi connectivity index (χ4v) is 4.43. The predicted molar refractivity (Wildman–Crippen MR) is 106 cm³/mol. The first-order chi connectivity index (χ1) is 13.2. The summed E-state index contributed by atoms with van der Waals surface area (Å²) in [6.45, 7) is 0.861. The molecule has 0 bridgehead atoms. The number of aromatic nitrogens is 2. The van der Waals surface area contributed by atoms with Crippen LogP contribution in [0.25, 0.3) is 0 Å². The summed E-state index contributed by atoms with van der Waals surface area (Å²) in [5, 5.41) is 0.710. The molecule has 1 aliphatic heterocycles. The normalized spacial score (nSPS) is 18.3. The fraction of sp³-hybridized carbons (Fsp3) is 0.227. The highest BCUT2D eigenvalue weighted by Crippen LogP contribution is 2.37. The molecule has 0 amide bonds. The van der Waals surface area contributed by atoms with Gasteiger partial charge in [-0.05, 0) is 42.0 Å². The molecule has 5 rings (SSSR count). The molecule has 4 nitrogen and oxygen atoms in total. The number of ketones is 1. The van der Waals surface area contributed by atoms with Crippen LogP contribution in [-0.4, -0.2) is 22.3 Å². The van der Waals surface area contributed by atoms with Gasteiger partial charge >= 0.3 is 0 Å². The van der Waals surface area contributed by atoms with E-state index in [-0.39, 0.29) is 11.7 Å². The average Bonchev–Trinajstić information content (AvgIpc) is 3.12. The number of anilines is 2. The zero-order chi connectivity index (χ0) is 18.4. The van der Waals surface area contributed by atoms with Gasteiger partial charge in [-0.25, -0.2) is 9.97 Å². The number of nitrogens with zero attached hydrogens (tertiary/aromatic N) is 3. The maximum Gasteiger partial charge on any atom is 0.230 e. The van der Waals surface area contributed by atoms with Crippen molar-refractivity contribution in [2.75, 3.05) is 11.4 Å². The molecule has 5 heteroatoms. The number of hydrogen-bond donors (Lipinski definition) is 0. The Hall–Kier alpha value is -2.72. The number of hydrogen-bond acceptors (Lipinski definition) is 4. The second-order valence-corrected chi connectivity index (χ2v) is 7.52. The lowest BCUT2D eigenvalue weighted by atomic mass is 9.82. The SMILES string of the molecule is O=C1C[C@H](c2ccccc2Cl)Cc2nc(N3CCc4ccccc43)ncc21. The molecule has 2 aliphatic rings. The van der Waals surface area contributed by atoms with E-state index >= 15 is 0 Å². The Morgan fingerprint density at radius 2 is 1.85 bits per heavy atom. The standard InChI is InChI=1S/C22H18ClN3O/c23-18-7-3-2-6-16(18)15-11-19-17(21(27)12-15)13-24-22(25-19)26-10-9-14-5-1-4-8-20(14)26/h1-8,13,15H,9-12H2/t15-/m1/s1. The Labute approximate surface area is 162 Å². The van der Waals surface area contributed by atoms with Crippen LogP contribution in [0.15, 0.2) is 54.7 Å². The van der Waals surface area contributed by atoms with E-state index in [0.29, 0.717) is 29.4 Å². The van der Waals surface area contributed by atoms with Crippen molar-refractivity contribution in [2.24, 2.45) is 0 Å². The summed E-state index contributed by atoms with van der Waals surface area (Å²) < 4.78 is 0. The van der Waals surface area contributed by atoms with Gasteiger partial charge in [0, 0.05) is 29.9 Å². The van der Waals surface area contributed by atoms with Gasteiger partial charge in [0.15, 0.2) is 5.78 Å². The molecular formula is C22H18ClN3O. The third-order valence-electron chi connectivity index (χ3n) is 5.50. The lowest BCUT2D eigenvalue weighted by molar-refractivity contribution is 0.0962. The maximum absolute atomic E-state index is 12.7. The van der Waals surface area contributed by atoms with Crippen LogP contribution >= 0.6 is 11.6 Å². The number of fused-ring (bicyclic) bond motifs is 2. The van der Waals surface area contributed by atoms with E-state index in [1.807, 2.05) is 30.3 Å². The van der Waals surface area contributed by atoms with Crippen LogP contribution in [0.5, 0.6) is 0 Å². The number of carbonyl (C=O) groups excluding carboxylic acids is 1. The van der Waals surface area contributed by atoms with E-state index in [2.05, 4.69) is 28.1 Å². The summed E-state index contributed by atoms with van der Waals surface area (Å²) in [7, 11) is 0. The van der Waals surface area contributed by atoms with Crippen LogP contribution in [0.2, 0.25) is 5.02 Å². The zero-order valence-corrected chi connectivity index (χ0v) is 15.5. The molecule has 0 spiro atoms. The smallest absolute Gasteiger partial charge is 0.230 e. The van der Waals surface area contributed by atoms with Crippen molar-refractivity contribution in [1.82, 2.24) is 9.97 Å². The van der Waals surface area contributed by atoms with Crippen molar-refractivity contribution >= 4 is 29.0 Å². The summed E-state index contributed by atoms with van der Waals surface area (Å²) >= 11 is 6.37. The predicted octanol–water partition coefficient (Wildman–Crippen LogP) is 4.74. The van der Waals surface area contributed by atoms with Gasteiger partial charge < -0.3 is 4.90 Å². The van der Waals surface area contributed by atoms with Crippen LogP contribution in [0.4, 0.5) is 11.6 Å². The van der Waals surface area contributed by atoms with Crippen molar-refractivity contribution < 1.29 is 4.79 Å². The first-order valence-electron chi connectivity index (χ1n) is 9.19. The van der Waals surface area contributed by atoms with Crippen LogP contribution in [0.3, 0.4) is 0 Å². The minimum Gasteiger partial charge on any atom is -0.310 e. The summed E-state index contributed by atoms with van der Waals surface area (Å²) in [6, 6.07) is 16.1. The van der Waals surface area contributed by atoms with Crippen molar-refractivity contribution in [3.63, 3.8) is 0 Å². The molecule has 1 atom stereocenters. The van der Waals surface area contributed by atoms with Gasteiger partial charge in [-0.15, -0.1) is 0 Å². The Kier molecular flexibility index (Phi) is 3.94. The quantitative estimate of drug-likeness (QED) is 0.649. The van der Waals surface area contributed by atoms with Crippen molar-refractivity contribution in [1.29, 1.82) is 0 Å². The summed E-state index contributed by atoms with van der Waals surface area (Å²) in [4.78, 5) is 24.1. The molecule has 2 heterocycles. The van der Waals surface area contributed by atoms with Gasteiger partial charge in [0.1, 0.15) is 0 Å². The molecule has 134 valence electrons. The van der Waals surface area contributed by atoms with E-state index in [1.54, 1.807) is 6.20 Å². The zero-order valence-electron chi connectivity index (χ0n) is 14.7. The molecular weight excluding hydrogens is 358 g/mol. The van der Waals surface area contributed by atoms with E-state index in [0.717, 1.165) is 29.9 Å². The molecule has 2 aromatic carbocycles. The first kappa shape index (κ1) is 16.5. The molecule has 0 fully saturated rings. The van der Waals surface area contributed by atoms with Crippen LogP contribution in [0.1, 0.15) is 39.5 Å². The largest absolute Gasteiger partial charge is 0.310 e. The molecule has 0 N–H and O–H groups in total. The van der Waals surface area contributed by atoms with E-state index in [9.17, 15) is 4.79 Å². The highest BCUT2D eigenvalue weighted by atomic mass is 35.5. The molecule has 0 saturated heterocycles. The molecule has 3 aromatic rings. The van der Waals surface area contributed by atoms with Gasteiger partial charge in [-0.3, -0.25) is 4.79 Å². The second kappa shape index (κ2) is 6.46. The van der Waals surface area contributed by atoms with Crippen LogP contribution in [0, 0.1) is 0 Å². The van der Waals surface area contributed by atoms with Crippen molar-refractivity contribution in [3.05, 3.63) is 82.1 Å². The monoisotopic (exact) mass is 375 g/mol. The van der Waals surface area contributed by atoms with E-state index < -0.39 is 0 Å². The molecule has 1 aromatic heterocycles. The minimum absolute atomic E-state index is 0.0623. The Morgan fingerprint density at radius 3 is 2.74 bits per heavy atom. The van der Waals surface area contributed by atoms with Gasteiger partial charge in [-0.1, -0.05) is 48.0 Å². The van der Waals surface area contributed by atoms with Gasteiger partial charge in [0.2, 0.25) is 5.95 Å². The highest BCUT2D eigenvalue weighted by molar-refractivity contribution is 6.31. The number of halogens is 1. The summed E-state index contributed by atoms with van der Waals surface area (Å²) in [5.74, 6) is 0.827. The number of carbonyl (C=O) groups is 1. The molecule has 0 radical (unpaired) electrons. The van der Waals surface area contributed by atoms with Gasteiger partial charge in [0.05, 0.1) is 11.3 Å². The second-order valence-electron chi connectivity index (χ2n) is 7.11. The lowest BCUT2D eigenvalue weighted by Crippen LogP contribution is -2.23. The van der Waals surface area contributed by atoms with E-state index in [4.69, 9.17) is 16.6 Å². The number of rotatable bonds is 2. The van der Waals surface area contributed by atoms with Gasteiger partial charge in [-0.2, -0.15) is 0 Å². The summed E-state index contributed by atoms with van der Waals surface area (Å²) in [6.07, 6.45) is 3.84. The third kappa shape index (κ3) is 2.81. The van der Waals surface area contributed by atoms with Crippen LogP contribution in [-0.2, 0) is 12.8 Å². The van der Waals surface area contributed by atoms with Gasteiger partial charge in [0.25, 0.3) is 0 Å². The molecule has 0 unspecified atom stereocenters. The Balaban J connectivity index is 1.51. The third-order valence-corrected chi connectivity index (χ3v) is 5.84. The molecule has 1 aliphatic carbocycles. The molecule has 27 heavy (non-hydrogen) atoms. The Morgan fingerprint density at radius 1 is 1.04 bits per heavy atom. The highest BCUT2D eigenvalue weighted by Gasteiger charge is 2.30. The average molecular weight is 376 g/mol. The Bertz CT molecular complexity index is 1050. The number of Topliss-reactive ketones (excluding diaryl/α,β-unsaturated/α-hetero) is 1. The van der Waals surface area contributed by atoms with E-state index in [1.165, 1.54) is 5.56 Å². The lowest BCUT2D eigenvalue weighted by Gasteiger charge is -2.25.